The van der Waals surface area contributed by atoms with Gasteiger partial charge in [0, 0.05) is 24.1 Å². The number of amides is 4. The third-order valence-corrected chi connectivity index (χ3v) is 9.38. The molecule has 2 aromatic rings. The number of fused-ring (bicyclic) bond motifs is 4. The zero-order valence-corrected chi connectivity index (χ0v) is 22.3. The molecule has 202 valence electrons. The van der Waals surface area contributed by atoms with Crippen molar-refractivity contribution in [3.05, 3.63) is 65.7 Å². The Bertz CT molecular complexity index is 1420. The molecule has 2 aromatic carbocycles. The SMILES string of the molecule is CCCN1C(=O)C2CC=C3C(CC4C(=O)N(c5ccccc5)C(=O)C4(C)C3c3ccc(OC)cc3O)C2C1=O. The van der Waals surface area contributed by atoms with Crippen molar-refractivity contribution >= 4 is 29.3 Å². The molecule has 6 rings (SSSR count). The number of hydrogen-bond donors (Lipinski definition) is 1. The Balaban J connectivity index is 1.53. The molecule has 0 spiro atoms. The molecule has 2 saturated heterocycles. The molecule has 8 nitrogen and oxygen atoms in total. The largest absolute Gasteiger partial charge is 0.508 e. The van der Waals surface area contributed by atoms with E-state index in [-0.39, 0.29) is 35.3 Å². The number of aromatic hydroxyl groups is 1. The summed E-state index contributed by atoms with van der Waals surface area (Å²) < 4.78 is 5.29. The van der Waals surface area contributed by atoms with E-state index in [1.165, 1.54) is 23.0 Å². The monoisotopic (exact) mass is 528 g/mol. The second-order valence-electron chi connectivity index (χ2n) is 11.2. The lowest BCUT2D eigenvalue weighted by Gasteiger charge is -2.49. The number of rotatable bonds is 5. The third-order valence-electron chi connectivity index (χ3n) is 9.38. The van der Waals surface area contributed by atoms with Crippen LogP contribution in [0.25, 0.3) is 0 Å². The molecule has 3 fully saturated rings. The van der Waals surface area contributed by atoms with E-state index in [0.29, 0.717) is 42.8 Å². The summed E-state index contributed by atoms with van der Waals surface area (Å²) >= 11 is 0. The van der Waals surface area contributed by atoms with Crippen LogP contribution in [0.2, 0.25) is 0 Å². The lowest BCUT2D eigenvalue weighted by Crippen LogP contribution is -2.48. The number of imide groups is 2. The molecule has 0 aromatic heterocycles. The molecule has 4 amide bonds. The van der Waals surface area contributed by atoms with Crippen LogP contribution in [0.15, 0.2) is 60.2 Å². The summed E-state index contributed by atoms with van der Waals surface area (Å²) in [7, 11) is 1.51. The molecule has 1 N–H and O–H groups in total. The summed E-state index contributed by atoms with van der Waals surface area (Å²) in [6, 6.07) is 13.8. The molecule has 0 bridgehead atoms. The van der Waals surface area contributed by atoms with E-state index < -0.39 is 29.1 Å². The van der Waals surface area contributed by atoms with Crippen LogP contribution in [0, 0.1) is 29.1 Å². The topological polar surface area (TPSA) is 104 Å². The molecule has 2 aliphatic carbocycles. The number of carbonyl (C=O) groups is 4. The number of phenolic OH excluding ortho intramolecular Hbond substituents is 1. The number of methoxy groups -OCH3 is 1. The van der Waals surface area contributed by atoms with E-state index >= 15 is 0 Å². The van der Waals surface area contributed by atoms with Crippen molar-refractivity contribution in [3.8, 4) is 11.5 Å². The van der Waals surface area contributed by atoms with Crippen LogP contribution in [-0.4, -0.2) is 47.3 Å². The second kappa shape index (κ2) is 9.07. The van der Waals surface area contributed by atoms with Gasteiger partial charge < -0.3 is 9.84 Å². The van der Waals surface area contributed by atoms with Gasteiger partial charge in [0.05, 0.1) is 36.0 Å². The second-order valence-corrected chi connectivity index (χ2v) is 11.2. The van der Waals surface area contributed by atoms with Gasteiger partial charge >= 0.3 is 0 Å². The summed E-state index contributed by atoms with van der Waals surface area (Å²) in [5.74, 6) is -3.37. The lowest BCUT2D eigenvalue weighted by molar-refractivity contribution is -0.140. The van der Waals surface area contributed by atoms with Crippen molar-refractivity contribution < 1.29 is 29.0 Å². The first-order chi connectivity index (χ1) is 18.7. The van der Waals surface area contributed by atoms with Crippen LogP contribution >= 0.6 is 0 Å². The Morgan fingerprint density at radius 3 is 2.41 bits per heavy atom. The van der Waals surface area contributed by atoms with Gasteiger partial charge in [-0.1, -0.05) is 42.8 Å². The van der Waals surface area contributed by atoms with E-state index in [2.05, 4.69) is 0 Å². The van der Waals surface area contributed by atoms with Gasteiger partial charge in [-0.3, -0.25) is 24.1 Å². The molecule has 39 heavy (non-hydrogen) atoms. The molecular formula is C31H32N2O6. The molecule has 6 atom stereocenters. The Kier molecular flexibility index (Phi) is 5.90. The number of ether oxygens (including phenoxy) is 1. The van der Waals surface area contributed by atoms with E-state index in [1.54, 1.807) is 36.4 Å². The predicted octanol–water partition coefficient (Wildman–Crippen LogP) is 4.04. The van der Waals surface area contributed by atoms with Crippen molar-refractivity contribution in [1.82, 2.24) is 4.90 Å². The predicted molar refractivity (Wildman–Crippen MR) is 143 cm³/mol. The van der Waals surface area contributed by atoms with Crippen molar-refractivity contribution in [2.45, 2.75) is 39.0 Å². The number of anilines is 1. The fraction of sp³-hybridized carbons (Fsp3) is 0.419. The van der Waals surface area contributed by atoms with Crippen molar-refractivity contribution in [1.29, 1.82) is 0 Å². The summed E-state index contributed by atoms with van der Waals surface area (Å²) in [4.78, 5) is 57.8. The highest BCUT2D eigenvalue weighted by Gasteiger charge is 2.67. The first-order valence-electron chi connectivity index (χ1n) is 13.6. The van der Waals surface area contributed by atoms with Crippen LogP contribution in [0.3, 0.4) is 0 Å². The van der Waals surface area contributed by atoms with Gasteiger partial charge in [0.15, 0.2) is 0 Å². The molecule has 1 saturated carbocycles. The van der Waals surface area contributed by atoms with Gasteiger partial charge in [-0.2, -0.15) is 0 Å². The van der Waals surface area contributed by atoms with Gasteiger partial charge in [0.1, 0.15) is 11.5 Å². The Morgan fingerprint density at radius 1 is 1.00 bits per heavy atom. The van der Waals surface area contributed by atoms with Crippen LogP contribution in [0.5, 0.6) is 11.5 Å². The van der Waals surface area contributed by atoms with Gasteiger partial charge in [-0.25, -0.2) is 4.90 Å². The van der Waals surface area contributed by atoms with Gasteiger partial charge in [0.2, 0.25) is 23.6 Å². The maximum atomic E-state index is 14.3. The molecule has 6 unspecified atom stereocenters. The van der Waals surface area contributed by atoms with E-state index in [4.69, 9.17) is 4.74 Å². The average Bonchev–Trinajstić information content (AvgIpc) is 3.29. The third kappa shape index (κ3) is 3.43. The molecule has 2 aliphatic heterocycles. The summed E-state index contributed by atoms with van der Waals surface area (Å²) in [5.41, 5.74) is 0.669. The van der Waals surface area contributed by atoms with Gasteiger partial charge in [-0.15, -0.1) is 0 Å². The van der Waals surface area contributed by atoms with E-state index in [1.807, 2.05) is 26.0 Å². The first kappa shape index (κ1) is 25.3. The average molecular weight is 529 g/mol. The zero-order valence-electron chi connectivity index (χ0n) is 22.3. The van der Waals surface area contributed by atoms with Crippen molar-refractivity contribution in [2.75, 3.05) is 18.6 Å². The number of nitrogens with zero attached hydrogens (tertiary/aromatic N) is 2. The van der Waals surface area contributed by atoms with Crippen LogP contribution in [-0.2, 0) is 19.2 Å². The Hall–Kier alpha value is -3.94. The van der Waals surface area contributed by atoms with Gasteiger partial charge in [0.25, 0.3) is 0 Å². The maximum Gasteiger partial charge on any atom is 0.241 e. The van der Waals surface area contributed by atoms with Crippen LogP contribution in [0.4, 0.5) is 5.69 Å². The minimum absolute atomic E-state index is 0.0390. The van der Waals surface area contributed by atoms with Gasteiger partial charge in [-0.05, 0) is 50.3 Å². The smallest absolute Gasteiger partial charge is 0.241 e. The van der Waals surface area contributed by atoms with Crippen LogP contribution in [0.1, 0.15) is 44.6 Å². The van der Waals surface area contributed by atoms with Crippen LogP contribution < -0.4 is 9.64 Å². The molecule has 8 heteroatoms. The minimum Gasteiger partial charge on any atom is -0.508 e. The first-order valence-corrected chi connectivity index (χ1v) is 13.6. The lowest BCUT2D eigenvalue weighted by atomic mass is 9.51. The normalized spacial score (nSPS) is 31.7. The fourth-order valence-electron chi connectivity index (χ4n) is 7.59. The fourth-order valence-corrected chi connectivity index (χ4v) is 7.59. The summed E-state index contributed by atoms with van der Waals surface area (Å²) in [5, 5.41) is 11.2. The Labute approximate surface area is 227 Å². The number of allylic oxidation sites excluding steroid dienone is 2. The summed E-state index contributed by atoms with van der Waals surface area (Å²) in [6.45, 7) is 4.11. The highest BCUT2D eigenvalue weighted by atomic mass is 16.5. The number of likely N-dealkylation sites (tertiary alicyclic amines) is 1. The van der Waals surface area contributed by atoms with E-state index in [0.717, 1.165) is 5.57 Å². The quantitative estimate of drug-likeness (QED) is 0.464. The van der Waals surface area contributed by atoms with E-state index in [9.17, 15) is 24.3 Å². The standard InChI is InChI=1S/C31H32N2O6/c1-4-14-32-27(35)21-13-12-19-22(25(21)29(32)37)16-23-28(36)33(17-8-6-5-7-9-17)30(38)31(23,2)26(19)20-11-10-18(39-3)15-24(20)34/h5-12,15,21-23,25-26,34H,4,13-14,16H2,1-3H3. The highest BCUT2D eigenvalue weighted by molar-refractivity contribution is 6.24. The maximum absolute atomic E-state index is 14.3. The van der Waals surface area contributed by atoms with Crippen molar-refractivity contribution in [2.24, 2.45) is 29.1 Å². The van der Waals surface area contributed by atoms with Crippen molar-refractivity contribution in [3.63, 3.8) is 0 Å². The number of benzene rings is 2. The molecular weight excluding hydrogens is 496 g/mol. The number of carbonyl (C=O) groups excluding carboxylic acids is 4. The molecule has 2 heterocycles. The number of phenols is 1. The zero-order chi connectivity index (χ0) is 27.6. The number of hydrogen-bond acceptors (Lipinski definition) is 6. The molecule has 0 radical (unpaired) electrons. The Morgan fingerprint density at radius 2 is 1.74 bits per heavy atom. The number of para-hydroxylation sites is 1. The molecule has 4 aliphatic rings. The summed E-state index contributed by atoms with van der Waals surface area (Å²) in [6.07, 6.45) is 3.35. The minimum atomic E-state index is -1.19. The highest BCUT2D eigenvalue weighted by Crippen LogP contribution is 2.64.